The van der Waals surface area contributed by atoms with Crippen molar-refractivity contribution in [2.45, 2.75) is 12.5 Å². The number of benzene rings is 1. The first-order valence-corrected chi connectivity index (χ1v) is 5.54. The fraction of sp³-hybridized carbons (Fsp3) is 0.500. The minimum Gasteiger partial charge on any atom is -0.396 e. The van der Waals surface area contributed by atoms with E-state index in [1.807, 2.05) is 0 Å². The lowest BCUT2D eigenvalue weighted by Gasteiger charge is -2.25. The Morgan fingerprint density at radius 2 is 2.27 bits per heavy atom. The van der Waals surface area contributed by atoms with E-state index in [9.17, 15) is 0 Å². The van der Waals surface area contributed by atoms with Crippen molar-refractivity contribution in [2.75, 3.05) is 26.2 Å². The molecular weight excluding hydrogens is 188 g/mol. The number of nitrogens with one attached hydrogen (secondary N) is 2. The van der Waals surface area contributed by atoms with Crippen molar-refractivity contribution in [2.24, 2.45) is 0 Å². The highest BCUT2D eigenvalue weighted by atomic mass is 16.2. The maximum absolute atomic E-state index is 8.89. The van der Waals surface area contributed by atoms with E-state index in [-0.39, 0.29) is 6.61 Å². The molecule has 1 aromatic carbocycles. The molecule has 1 saturated heterocycles. The van der Waals surface area contributed by atoms with Crippen LogP contribution in [0.2, 0.25) is 0 Å². The van der Waals surface area contributed by atoms with Crippen LogP contribution in [0.4, 0.5) is 0 Å². The van der Waals surface area contributed by atoms with Crippen LogP contribution in [-0.2, 0) is 6.42 Å². The lowest BCUT2D eigenvalue weighted by Crippen LogP contribution is -2.42. The molecule has 3 heteroatoms. The monoisotopic (exact) mass is 206 g/mol. The Morgan fingerprint density at radius 3 is 3.00 bits per heavy atom. The first-order chi connectivity index (χ1) is 7.40. The fourth-order valence-electron chi connectivity index (χ4n) is 1.98. The number of hydrogen-bond donors (Lipinski definition) is 3. The molecule has 1 aromatic rings. The highest BCUT2D eigenvalue weighted by Crippen LogP contribution is 2.15. The third-order valence-corrected chi connectivity index (χ3v) is 2.79. The van der Waals surface area contributed by atoms with Gasteiger partial charge in [-0.25, -0.2) is 0 Å². The van der Waals surface area contributed by atoms with Crippen molar-refractivity contribution in [1.82, 2.24) is 10.6 Å². The summed E-state index contributed by atoms with van der Waals surface area (Å²) in [5.41, 5.74) is 2.52. The van der Waals surface area contributed by atoms with Gasteiger partial charge in [-0.1, -0.05) is 24.3 Å². The van der Waals surface area contributed by atoms with Gasteiger partial charge in [0, 0.05) is 32.3 Å². The number of hydrogen-bond acceptors (Lipinski definition) is 3. The minimum absolute atomic E-state index is 0.222. The van der Waals surface area contributed by atoms with Crippen LogP contribution >= 0.6 is 0 Å². The van der Waals surface area contributed by atoms with Gasteiger partial charge in [0.2, 0.25) is 0 Å². The highest BCUT2D eigenvalue weighted by Gasteiger charge is 2.13. The number of rotatable bonds is 3. The van der Waals surface area contributed by atoms with Gasteiger partial charge in [0.25, 0.3) is 0 Å². The predicted molar refractivity (Wildman–Crippen MR) is 60.8 cm³/mol. The zero-order chi connectivity index (χ0) is 10.5. The van der Waals surface area contributed by atoms with Gasteiger partial charge in [0.1, 0.15) is 0 Å². The number of aliphatic hydroxyl groups excluding tert-OH is 1. The molecule has 0 aromatic heterocycles. The molecule has 2 rings (SSSR count). The number of aliphatic hydroxyl groups is 1. The van der Waals surface area contributed by atoms with E-state index in [2.05, 4.69) is 34.9 Å². The Bertz CT molecular complexity index is 308. The average Bonchev–Trinajstić information content (AvgIpc) is 2.31. The van der Waals surface area contributed by atoms with Gasteiger partial charge in [-0.2, -0.15) is 0 Å². The zero-order valence-electron chi connectivity index (χ0n) is 8.87. The molecule has 15 heavy (non-hydrogen) atoms. The topological polar surface area (TPSA) is 44.3 Å². The third kappa shape index (κ3) is 2.78. The van der Waals surface area contributed by atoms with Gasteiger partial charge in [-0.3, -0.25) is 0 Å². The molecule has 1 aliphatic rings. The van der Waals surface area contributed by atoms with Crippen molar-refractivity contribution < 1.29 is 5.11 Å². The van der Waals surface area contributed by atoms with Crippen molar-refractivity contribution in [3.05, 3.63) is 35.4 Å². The van der Waals surface area contributed by atoms with E-state index in [1.54, 1.807) is 0 Å². The number of piperazine rings is 1. The molecular formula is C12H18N2O. The van der Waals surface area contributed by atoms with E-state index in [1.165, 1.54) is 11.1 Å². The molecule has 1 fully saturated rings. The van der Waals surface area contributed by atoms with Crippen molar-refractivity contribution >= 4 is 0 Å². The summed E-state index contributed by atoms with van der Waals surface area (Å²) >= 11 is 0. The van der Waals surface area contributed by atoms with Gasteiger partial charge >= 0.3 is 0 Å². The van der Waals surface area contributed by atoms with Gasteiger partial charge in [0.15, 0.2) is 0 Å². The van der Waals surface area contributed by atoms with E-state index >= 15 is 0 Å². The van der Waals surface area contributed by atoms with Crippen LogP contribution in [0.1, 0.15) is 17.2 Å². The van der Waals surface area contributed by atoms with Gasteiger partial charge in [-0.05, 0) is 17.5 Å². The summed E-state index contributed by atoms with van der Waals surface area (Å²) in [5.74, 6) is 0. The highest BCUT2D eigenvalue weighted by molar-refractivity contribution is 5.26. The molecule has 0 amide bonds. The van der Waals surface area contributed by atoms with Gasteiger partial charge in [0.05, 0.1) is 0 Å². The summed E-state index contributed by atoms with van der Waals surface area (Å²) < 4.78 is 0. The van der Waals surface area contributed by atoms with Crippen molar-refractivity contribution in [3.8, 4) is 0 Å². The summed E-state index contributed by atoms with van der Waals surface area (Å²) in [6.45, 7) is 3.28. The Kier molecular flexibility index (Phi) is 3.72. The molecule has 0 bridgehead atoms. The normalized spacial score (nSPS) is 21.5. The minimum atomic E-state index is 0.222. The SMILES string of the molecule is OCCc1cccc(C2CNCCN2)c1. The molecule has 82 valence electrons. The van der Waals surface area contributed by atoms with E-state index in [4.69, 9.17) is 5.11 Å². The summed E-state index contributed by atoms with van der Waals surface area (Å²) in [5, 5.41) is 15.7. The fourth-order valence-corrected chi connectivity index (χ4v) is 1.98. The lowest BCUT2D eigenvalue weighted by molar-refractivity contribution is 0.299. The summed E-state index contributed by atoms with van der Waals surface area (Å²) in [6.07, 6.45) is 0.744. The Hall–Kier alpha value is -0.900. The molecule has 1 atom stereocenters. The van der Waals surface area contributed by atoms with Gasteiger partial charge < -0.3 is 15.7 Å². The quantitative estimate of drug-likeness (QED) is 0.673. The second kappa shape index (κ2) is 5.26. The van der Waals surface area contributed by atoms with E-state index < -0.39 is 0 Å². The largest absolute Gasteiger partial charge is 0.396 e. The maximum Gasteiger partial charge on any atom is 0.0471 e. The van der Waals surface area contributed by atoms with Crippen LogP contribution in [0.15, 0.2) is 24.3 Å². The summed E-state index contributed by atoms with van der Waals surface area (Å²) in [7, 11) is 0. The van der Waals surface area contributed by atoms with Crippen LogP contribution in [0.5, 0.6) is 0 Å². The van der Waals surface area contributed by atoms with E-state index in [0.717, 1.165) is 26.1 Å². The molecule has 1 heterocycles. The summed E-state index contributed by atoms with van der Waals surface area (Å²) in [6, 6.07) is 8.87. The van der Waals surface area contributed by atoms with Crippen LogP contribution in [0.3, 0.4) is 0 Å². The van der Waals surface area contributed by atoms with Crippen molar-refractivity contribution in [1.29, 1.82) is 0 Å². The molecule has 1 aliphatic heterocycles. The third-order valence-electron chi connectivity index (χ3n) is 2.79. The molecule has 0 saturated carbocycles. The van der Waals surface area contributed by atoms with Crippen molar-refractivity contribution in [3.63, 3.8) is 0 Å². The lowest BCUT2D eigenvalue weighted by atomic mass is 10.0. The van der Waals surface area contributed by atoms with Gasteiger partial charge in [-0.15, -0.1) is 0 Å². The standard InChI is InChI=1S/C12H18N2O/c15-7-4-10-2-1-3-11(8-10)12-9-13-5-6-14-12/h1-3,8,12-15H,4-7,9H2. The van der Waals surface area contributed by atoms with Crippen LogP contribution in [0, 0.1) is 0 Å². The smallest absolute Gasteiger partial charge is 0.0471 e. The zero-order valence-corrected chi connectivity index (χ0v) is 8.87. The Labute approximate surface area is 90.5 Å². The maximum atomic E-state index is 8.89. The summed E-state index contributed by atoms with van der Waals surface area (Å²) in [4.78, 5) is 0. The Morgan fingerprint density at radius 1 is 1.33 bits per heavy atom. The van der Waals surface area contributed by atoms with Crippen LogP contribution in [-0.4, -0.2) is 31.3 Å². The Balaban J connectivity index is 2.09. The average molecular weight is 206 g/mol. The predicted octanol–water partition coefficient (Wildman–Crippen LogP) is 0.455. The molecule has 0 radical (unpaired) electrons. The van der Waals surface area contributed by atoms with Crippen LogP contribution in [0.25, 0.3) is 0 Å². The first-order valence-electron chi connectivity index (χ1n) is 5.54. The molecule has 3 nitrogen and oxygen atoms in total. The molecule has 0 aliphatic carbocycles. The molecule has 0 spiro atoms. The second-order valence-electron chi connectivity index (χ2n) is 3.93. The molecule has 1 unspecified atom stereocenters. The molecule has 3 N–H and O–H groups in total. The van der Waals surface area contributed by atoms with E-state index in [0.29, 0.717) is 6.04 Å². The van der Waals surface area contributed by atoms with Crippen LogP contribution < -0.4 is 10.6 Å². The first kappa shape index (κ1) is 10.6. The second-order valence-corrected chi connectivity index (χ2v) is 3.93.